The minimum absolute atomic E-state index is 0.0130. The summed E-state index contributed by atoms with van der Waals surface area (Å²) in [7, 11) is 0. The maximum atomic E-state index is 14.0. The van der Waals surface area contributed by atoms with Crippen LogP contribution in [0.5, 0.6) is 0 Å². The summed E-state index contributed by atoms with van der Waals surface area (Å²) in [5.41, 5.74) is -1.22. The molecule has 10 nitrogen and oxygen atoms in total. The van der Waals surface area contributed by atoms with Gasteiger partial charge in [0.15, 0.2) is 0 Å². The van der Waals surface area contributed by atoms with Crippen molar-refractivity contribution < 1.29 is 33.7 Å². The second-order valence-electron chi connectivity index (χ2n) is 9.83. The van der Waals surface area contributed by atoms with Crippen LogP contribution < -0.4 is 0 Å². The summed E-state index contributed by atoms with van der Waals surface area (Å²) < 4.78 is 17.4. The van der Waals surface area contributed by atoms with E-state index in [2.05, 4.69) is 4.90 Å². The lowest BCUT2D eigenvalue weighted by molar-refractivity contribution is -0.155. The molecule has 5 aliphatic rings. The molecule has 0 aromatic heterocycles. The topological polar surface area (TPSA) is 109 Å². The van der Waals surface area contributed by atoms with Crippen LogP contribution in [0.2, 0.25) is 0 Å². The van der Waals surface area contributed by atoms with Gasteiger partial charge in [0.25, 0.3) is 0 Å². The van der Waals surface area contributed by atoms with E-state index in [1.807, 2.05) is 24.3 Å². The second kappa shape index (κ2) is 10.4. The van der Waals surface area contributed by atoms with Crippen molar-refractivity contribution in [1.29, 1.82) is 0 Å². The molecule has 10 heteroatoms. The van der Waals surface area contributed by atoms with Gasteiger partial charge in [-0.15, -0.1) is 0 Å². The first kappa shape index (κ1) is 24.4. The monoisotopic (exact) mass is 489 g/mol. The lowest BCUT2D eigenvalue weighted by Gasteiger charge is -2.36. The van der Waals surface area contributed by atoms with Crippen LogP contribution in [0.1, 0.15) is 19.3 Å². The zero-order chi connectivity index (χ0) is 24.4. The van der Waals surface area contributed by atoms with Gasteiger partial charge in [-0.25, -0.2) is 0 Å². The van der Waals surface area contributed by atoms with Gasteiger partial charge in [0.05, 0.1) is 31.8 Å². The summed E-state index contributed by atoms with van der Waals surface area (Å²) >= 11 is 0. The van der Waals surface area contributed by atoms with Crippen LogP contribution in [0, 0.1) is 11.8 Å². The number of aliphatic hydroxyl groups excluding tert-OH is 1. The zero-order valence-corrected chi connectivity index (χ0v) is 20.0. The molecule has 1 N–H and O–H groups in total. The van der Waals surface area contributed by atoms with Crippen LogP contribution in [-0.2, 0) is 28.6 Å². The predicted octanol–water partition coefficient (Wildman–Crippen LogP) is -0.427. The predicted molar refractivity (Wildman–Crippen MR) is 124 cm³/mol. The summed E-state index contributed by atoms with van der Waals surface area (Å²) in [6, 6.07) is -0.850. The van der Waals surface area contributed by atoms with Gasteiger partial charge in [-0.3, -0.25) is 19.3 Å². The highest BCUT2D eigenvalue weighted by Gasteiger charge is 2.71. The highest BCUT2D eigenvalue weighted by Crippen LogP contribution is 2.53. The Bertz CT molecular complexity index is 886. The molecule has 5 aliphatic heterocycles. The number of morpholine rings is 1. The summed E-state index contributed by atoms with van der Waals surface area (Å²) in [5, 5.41) is 9.28. The van der Waals surface area contributed by atoms with Gasteiger partial charge < -0.3 is 29.1 Å². The molecular weight excluding hydrogens is 454 g/mol. The SMILES string of the molecule is O=C1OCCC=C[C@@H]2O[C@]34C=CCN(CCN5CCOCC5)C(=O)C3N(CCCCO)C(=O)[C@@H]4[C@H]12. The van der Waals surface area contributed by atoms with Gasteiger partial charge >= 0.3 is 5.97 Å². The number of hydrogen-bond acceptors (Lipinski definition) is 8. The van der Waals surface area contributed by atoms with Gasteiger partial charge in [0.1, 0.15) is 17.6 Å². The van der Waals surface area contributed by atoms with E-state index in [-0.39, 0.29) is 25.0 Å². The Hall–Kier alpha value is -2.27. The first-order valence-corrected chi connectivity index (χ1v) is 12.8. The van der Waals surface area contributed by atoms with Crippen LogP contribution in [0.25, 0.3) is 0 Å². The first-order chi connectivity index (χ1) is 17.1. The van der Waals surface area contributed by atoms with E-state index >= 15 is 0 Å². The number of carbonyl (C=O) groups is 3. The molecule has 0 radical (unpaired) electrons. The molecule has 0 aromatic rings. The van der Waals surface area contributed by atoms with Crippen LogP contribution in [-0.4, -0.2) is 121 Å². The first-order valence-electron chi connectivity index (χ1n) is 12.8. The molecule has 2 amide bonds. The minimum Gasteiger partial charge on any atom is -0.465 e. The highest BCUT2D eigenvalue weighted by molar-refractivity contribution is 5.99. The van der Waals surface area contributed by atoms with Gasteiger partial charge in [-0.1, -0.05) is 24.3 Å². The Morgan fingerprint density at radius 1 is 1.00 bits per heavy atom. The normalized spacial score (nSPS) is 35.3. The standard InChI is InChI=1S/C25H35N3O7/c29-14-3-2-9-28-21-23(31)27(11-10-26-12-16-33-17-13-26)8-5-7-25(21)20(22(28)30)19-18(35-25)6-1-4-15-34-24(19)32/h1,5-7,18-21,29H,2-4,8-17H2/t18-,19+,20-,21?,25-/m0/s1. The molecule has 0 bridgehead atoms. The van der Waals surface area contributed by atoms with Gasteiger partial charge in [-0.2, -0.15) is 0 Å². The molecule has 3 saturated heterocycles. The van der Waals surface area contributed by atoms with Crippen LogP contribution in [0.4, 0.5) is 0 Å². The van der Waals surface area contributed by atoms with E-state index in [0.717, 1.165) is 19.6 Å². The largest absolute Gasteiger partial charge is 0.465 e. The van der Waals surface area contributed by atoms with Crippen molar-refractivity contribution in [2.24, 2.45) is 11.8 Å². The van der Waals surface area contributed by atoms with E-state index in [1.54, 1.807) is 9.80 Å². The highest BCUT2D eigenvalue weighted by atomic mass is 16.6. The third-order valence-electron chi connectivity index (χ3n) is 7.80. The van der Waals surface area contributed by atoms with E-state index in [4.69, 9.17) is 14.2 Å². The molecule has 192 valence electrons. The number of amides is 2. The van der Waals surface area contributed by atoms with E-state index in [1.165, 1.54) is 0 Å². The Morgan fingerprint density at radius 2 is 1.83 bits per heavy atom. The molecule has 0 saturated carbocycles. The number of nitrogens with zero attached hydrogens (tertiary/aromatic N) is 3. The Labute approximate surface area is 205 Å². The summed E-state index contributed by atoms with van der Waals surface area (Å²) in [6.45, 7) is 5.33. The fourth-order valence-electron chi connectivity index (χ4n) is 6.08. The number of hydrogen-bond donors (Lipinski definition) is 1. The number of carbonyl (C=O) groups excluding carboxylic acids is 3. The van der Waals surface area contributed by atoms with Crippen LogP contribution in [0.15, 0.2) is 24.3 Å². The van der Waals surface area contributed by atoms with Crippen molar-refractivity contribution in [2.75, 3.05) is 65.7 Å². The number of aliphatic hydroxyl groups is 1. The minimum atomic E-state index is -1.22. The number of esters is 1. The third kappa shape index (κ3) is 4.41. The number of fused-ring (bicyclic) bond motifs is 2. The Balaban J connectivity index is 1.45. The van der Waals surface area contributed by atoms with Crippen LogP contribution >= 0.6 is 0 Å². The molecule has 1 spiro atoms. The molecule has 0 aliphatic carbocycles. The van der Waals surface area contributed by atoms with E-state index in [9.17, 15) is 19.5 Å². The molecule has 35 heavy (non-hydrogen) atoms. The quantitative estimate of drug-likeness (QED) is 0.292. The lowest BCUT2D eigenvalue weighted by Crippen LogP contribution is -2.56. The molecule has 5 rings (SSSR count). The maximum Gasteiger partial charge on any atom is 0.312 e. The zero-order valence-electron chi connectivity index (χ0n) is 20.0. The van der Waals surface area contributed by atoms with Crippen molar-refractivity contribution in [3.8, 4) is 0 Å². The molecule has 1 unspecified atom stereocenters. The fraction of sp³-hybridized carbons (Fsp3) is 0.720. The van der Waals surface area contributed by atoms with Crippen molar-refractivity contribution in [3.05, 3.63) is 24.3 Å². The van der Waals surface area contributed by atoms with Gasteiger partial charge in [0.2, 0.25) is 11.8 Å². The number of cyclic esters (lactones) is 1. The van der Waals surface area contributed by atoms with E-state index in [0.29, 0.717) is 52.1 Å². The van der Waals surface area contributed by atoms with Crippen molar-refractivity contribution in [2.45, 2.75) is 37.0 Å². The average molecular weight is 490 g/mol. The summed E-state index contributed by atoms with van der Waals surface area (Å²) in [4.78, 5) is 46.5. The van der Waals surface area contributed by atoms with E-state index < -0.39 is 35.6 Å². The number of ether oxygens (including phenoxy) is 3. The summed E-state index contributed by atoms with van der Waals surface area (Å²) in [5.74, 6) is -2.46. The smallest absolute Gasteiger partial charge is 0.312 e. The Kier molecular flexibility index (Phi) is 7.24. The van der Waals surface area contributed by atoms with Crippen LogP contribution in [0.3, 0.4) is 0 Å². The second-order valence-corrected chi connectivity index (χ2v) is 9.83. The molecule has 3 fully saturated rings. The number of unbranched alkanes of at least 4 members (excludes halogenated alkanes) is 1. The Morgan fingerprint density at radius 3 is 2.63 bits per heavy atom. The molecule has 5 heterocycles. The maximum absolute atomic E-state index is 14.0. The molecule has 0 aromatic carbocycles. The average Bonchev–Trinajstić information content (AvgIpc) is 3.23. The molecule has 5 atom stereocenters. The van der Waals surface area contributed by atoms with Crippen molar-refractivity contribution in [3.63, 3.8) is 0 Å². The molecular formula is C25H35N3O7. The lowest BCUT2D eigenvalue weighted by atomic mass is 9.77. The van der Waals surface area contributed by atoms with Crippen molar-refractivity contribution >= 4 is 17.8 Å². The van der Waals surface area contributed by atoms with Crippen molar-refractivity contribution in [1.82, 2.24) is 14.7 Å². The van der Waals surface area contributed by atoms with Gasteiger partial charge in [-0.05, 0) is 19.3 Å². The number of likely N-dealkylation sites (tertiary alicyclic amines) is 1. The van der Waals surface area contributed by atoms with Gasteiger partial charge in [0, 0.05) is 45.9 Å². The number of rotatable bonds is 7. The third-order valence-corrected chi connectivity index (χ3v) is 7.80. The summed E-state index contributed by atoms with van der Waals surface area (Å²) in [6.07, 6.45) is 8.57. The fourth-order valence-corrected chi connectivity index (χ4v) is 6.08.